The molecule has 0 atom stereocenters. The average Bonchev–Trinajstić information content (AvgIpc) is 2.21. The SMILES string of the molecule is Cc1cc([N+](=O)[O-])c(Cl)cc1NS(=O)(=O)CCCl. The Morgan fingerprint density at radius 2 is 2.06 bits per heavy atom. The van der Waals surface area contributed by atoms with Gasteiger partial charge in [-0.05, 0) is 18.6 Å². The van der Waals surface area contributed by atoms with Crippen molar-refractivity contribution in [1.29, 1.82) is 0 Å². The molecular formula is C9H10Cl2N2O4S. The third-order valence-electron chi connectivity index (χ3n) is 2.10. The fourth-order valence-electron chi connectivity index (χ4n) is 1.24. The normalized spacial score (nSPS) is 11.3. The highest BCUT2D eigenvalue weighted by Gasteiger charge is 2.17. The molecule has 0 bridgehead atoms. The third-order valence-corrected chi connectivity index (χ3v) is 4.09. The maximum atomic E-state index is 11.5. The molecule has 0 amide bonds. The van der Waals surface area contributed by atoms with Crippen molar-refractivity contribution in [2.24, 2.45) is 0 Å². The lowest BCUT2D eigenvalue weighted by Crippen LogP contribution is -2.18. The zero-order valence-electron chi connectivity index (χ0n) is 9.31. The van der Waals surface area contributed by atoms with Crippen molar-refractivity contribution in [3.63, 3.8) is 0 Å². The summed E-state index contributed by atoms with van der Waals surface area (Å²) in [6, 6.07) is 2.42. The van der Waals surface area contributed by atoms with Crippen LogP contribution in [-0.2, 0) is 10.0 Å². The predicted octanol–water partition coefficient (Wildman–Crippen LogP) is 2.54. The number of nitrogens with one attached hydrogen (secondary N) is 1. The van der Waals surface area contributed by atoms with Gasteiger partial charge in [0.15, 0.2) is 0 Å². The van der Waals surface area contributed by atoms with Crippen LogP contribution in [0.5, 0.6) is 0 Å². The fourth-order valence-corrected chi connectivity index (χ4v) is 2.94. The largest absolute Gasteiger partial charge is 0.288 e. The lowest BCUT2D eigenvalue weighted by atomic mass is 10.2. The van der Waals surface area contributed by atoms with Crippen molar-refractivity contribution in [3.05, 3.63) is 32.8 Å². The van der Waals surface area contributed by atoms with Crippen LogP contribution >= 0.6 is 23.2 Å². The molecule has 0 aliphatic carbocycles. The topological polar surface area (TPSA) is 89.3 Å². The molecule has 0 fully saturated rings. The smallest absolute Gasteiger partial charge is 0.283 e. The number of hydrogen-bond acceptors (Lipinski definition) is 4. The Morgan fingerprint density at radius 3 is 2.56 bits per heavy atom. The summed E-state index contributed by atoms with van der Waals surface area (Å²) in [5, 5.41) is 10.5. The van der Waals surface area contributed by atoms with Crippen molar-refractivity contribution in [2.45, 2.75) is 6.92 Å². The molecular weight excluding hydrogens is 303 g/mol. The number of sulfonamides is 1. The summed E-state index contributed by atoms with van der Waals surface area (Å²) < 4.78 is 25.3. The second kappa shape index (κ2) is 5.73. The standard InChI is InChI=1S/C9H10Cl2N2O4S/c1-6-4-9(13(14)15)7(11)5-8(6)12-18(16,17)3-2-10/h4-5,12H,2-3H2,1H3. The first kappa shape index (κ1) is 15.0. The first-order chi connectivity index (χ1) is 8.26. The van der Waals surface area contributed by atoms with Gasteiger partial charge in [0.2, 0.25) is 10.0 Å². The number of alkyl halides is 1. The Balaban J connectivity index is 3.13. The number of hydrogen-bond donors (Lipinski definition) is 1. The van der Waals surface area contributed by atoms with E-state index in [1.54, 1.807) is 6.92 Å². The number of rotatable bonds is 5. The molecule has 1 aromatic rings. The molecule has 18 heavy (non-hydrogen) atoms. The summed E-state index contributed by atoms with van der Waals surface area (Å²) in [5.41, 5.74) is 0.342. The quantitative estimate of drug-likeness (QED) is 0.514. The molecule has 100 valence electrons. The second-order valence-corrected chi connectivity index (χ2v) is 6.11. The molecule has 0 aliphatic heterocycles. The minimum atomic E-state index is -3.57. The van der Waals surface area contributed by atoms with E-state index in [9.17, 15) is 18.5 Å². The van der Waals surface area contributed by atoms with Crippen LogP contribution in [0.2, 0.25) is 5.02 Å². The number of nitro groups is 1. The highest BCUT2D eigenvalue weighted by atomic mass is 35.5. The van der Waals surface area contributed by atoms with Crippen LogP contribution in [-0.4, -0.2) is 25.0 Å². The summed E-state index contributed by atoms with van der Waals surface area (Å²) in [6.45, 7) is 1.54. The van der Waals surface area contributed by atoms with Gasteiger partial charge in [-0.2, -0.15) is 0 Å². The molecule has 1 rings (SSSR count). The van der Waals surface area contributed by atoms with Crippen molar-refractivity contribution < 1.29 is 13.3 Å². The molecule has 9 heteroatoms. The van der Waals surface area contributed by atoms with Crippen LogP contribution in [0.25, 0.3) is 0 Å². The molecule has 0 aliphatic rings. The number of halogens is 2. The summed E-state index contributed by atoms with van der Waals surface area (Å²) in [4.78, 5) is 10.0. The van der Waals surface area contributed by atoms with Gasteiger partial charge in [-0.15, -0.1) is 11.6 Å². The van der Waals surface area contributed by atoms with Crippen molar-refractivity contribution in [1.82, 2.24) is 0 Å². The van der Waals surface area contributed by atoms with Crippen LogP contribution in [0.15, 0.2) is 12.1 Å². The minimum Gasteiger partial charge on any atom is -0.283 e. The summed E-state index contributed by atoms with van der Waals surface area (Å²) in [5.74, 6) is -0.294. The van der Waals surface area contributed by atoms with Gasteiger partial charge in [0.1, 0.15) is 5.02 Å². The number of benzene rings is 1. The summed E-state index contributed by atoms with van der Waals surface area (Å²) in [6.07, 6.45) is 0. The van der Waals surface area contributed by atoms with Gasteiger partial charge in [0.05, 0.1) is 16.4 Å². The maximum absolute atomic E-state index is 11.5. The molecule has 6 nitrogen and oxygen atoms in total. The van der Waals surface area contributed by atoms with Crippen LogP contribution in [0.4, 0.5) is 11.4 Å². The van der Waals surface area contributed by atoms with E-state index in [1.807, 2.05) is 0 Å². The van der Waals surface area contributed by atoms with E-state index in [2.05, 4.69) is 4.72 Å². The second-order valence-electron chi connectivity index (χ2n) is 3.49. The highest BCUT2D eigenvalue weighted by Crippen LogP contribution is 2.30. The summed E-state index contributed by atoms with van der Waals surface area (Å²) in [7, 11) is -3.57. The van der Waals surface area contributed by atoms with Gasteiger partial charge in [-0.25, -0.2) is 8.42 Å². The minimum absolute atomic E-state index is 0.0465. The molecule has 0 unspecified atom stereocenters. The van der Waals surface area contributed by atoms with Crippen LogP contribution in [0.3, 0.4) is 0 Å². The van der Waals surface area contributed by atoms with Gasteiger partial charge in [-0.1, -0.05) is 11.6 Å². The van der Waals surface area contributed by atoms with E-state index in [0.717, 1.165) is 0 Å². The third kappa shape index (κ3) is 3.72. The zero-order chi connectivity index (χ0) is 13.9. The van der Waals surface area contributed by atoms with Crippen molar-refractivity contribution in [3.8, 4) is 0 Å². The molecule has 1 N–H and O–H groups in total. The van der Waals surface area contributed by atoms with E-state index < -0.39 is 14.9 Å². The Bertz CT molecular complexity index is 574. The van der Waals surface area contributed by atoms with Crippen LogP contribution in [0.1, 0.15) is 5.56 Å². The Hall–Kier alpha value is -1.05. The van der Waals surface area contributed by atoms with Gasteiger partial charge in [0.25, 0.3) is 5.69 Å². The van der Waals surface area contributed by atoms with Gasteiger partial charge in [-0.3, -0.25) is 14.8 Å². The molecule has 0 saturated heterocycles. The van der Waals surface area contributed by atoms with E-state index in [4.69, 9.17) is 23.2 Å². The van der Waals surface area contributed by atoms with Crippen LogP contribution in [0, 0.1) is 17.0 Å². The molecule has 0 radical (unpaired) electrons. The molecule has 0 spiro atoms. The van der Waals surface area contributed by atoms with Crippen molar-refractivity contribution >= 4 is 44.6 Å². The zero-order valence-corrected chi connectivity index (χ0v) is 11.6. The lowest BCUT2D eigenvalue weighted by Gasteiger charge is -2.10. The molecule has 1 aromatic carbocycles. The van der Waals surface area contributed by atoms with E-state index in [-0.39, 0.29) is 28.0 Å². The number of anilines is 1. The van der Waals surface area contributed by atoms with Gasteiger partial charge in [0, 0.05) is 11.9 Å². The fraction of sp³-hybridized carbons (Fsp3) is 0.333. The predicted molar refractivity (Wildman–Crippen MR) is 71.0 cm³/mol. The summed E-state index contributed by atoms with van der Waals surface area (Å²) >= 11 is 11.1. The number of nitrogens with zero attached hydrogens (tertiary/aromatic N) is 1. The Morgan fingerprint density at radius 1 is 1.44 bits per heavy atom. The van der Waals surface area contributed by atoms with Gasteiger partial charge < -0.3 is 0 Å². The molecule has 0 saturated carbocycles. The highest BCUT2D eigenvalue weighted by molar-refractivity contribution is 7.92. The number of nitro benzene ring substituents is 1. The Labute approximate surface area is 114 Å². The monoisotopic (exact) mass is 312 g/mol. The van der Waals surface area contributed by atoms with Gasteiger partial charge >= 0.3 is 0 Å². The Kier molecular flexibility index (Phi) is 4.78. The molecule has 0 aromatic heterocycles. The first-order valence-electron chi connectivity index (χ1n) is 4.78. The van der Waals surface area contributed by atoms with E-state index >= 15 is 0 Å². The van der Waals surface area contributed by atoms with E-state index in [0.29, 0.717) is 5.56 Å². The molecule has 0 heterocycles. The first-order valence-corrected chi connectivity index (χ1v) is 7.34. The van der Waals surface area contributed by atoms with Crippen LogP contribution < -0.4 is 4.72 Å². The maximum Gasteiger partial charge on any atom is 0.288 e. The lowest BCUT2D eigenvalue weighted by molar-refractivity contribution is -0.384. The number of aryl methyl sites for hydroxylation is 1. The van der Waals surface area contributed by atoms with Crippen molar-refractivity contribution in [2.75, 3.05) is 16.4 Å². The van der Waals surface area contributed by atoms with E-state index in [1.165, 1.54) is 12.1 Å². The average molecular weight is 313 g/mol.